The van der Waals surface area contributed by atoms with Crippen LogP contribution in [0.25, 0.3) is 0 Å². The van der Waals surface area contributed by atoms with Gasteiger partial charge in [-0.15, -0.1) is 0 Å². The highest BCUT2D eigenvalue weighted by Gasteiger charge is 2.31. The summed E-state index contributed by atoms with van der Waals surface area (Å²) in [6.45, 7) is 13.2. The third-order valence-electron chi connectivity index (χ3n) is 8.55. The van der Waals surface area contributed by atoms with Gasteiger partial charge in [0.1, 0.15) is 5.75 Å². The van der Waals surface area contributed by atoms with Crippen molar-refractivity contribution in [3.05, 3.63) is 95.8 Å². The quantitative estimate of drug-likeness (QED) is 0.262. The number of phenolic OH excluding ortho intramolecular Hbond substituents is 1. The fourth-order valence-corrected chi connectivity index (χ4v) is 5.79. The number of hydrogen-bond donors (Lipinski definition) is 2. The van der Waals surface area contributed by atoms with Crippen LogP contribution in [0.2, 0.25) is 0 Å². The SMILES string of the molecule is C=C1CCN(c2ccncc2)CC1.CC(=O)COC(=O)N1CCC(N2CCc3ccccc3NC2=O)CC1.CC(F)(F)F.Cc1ccc(O)c(C)c1. The topological polar surface area (TPSA) is 115 Å². The molecule has 0 bridgehead atoms. The Bertz CT molecular complexity index is 1610. The van der Waals surface area contributed by atoms with Gasteiger partial charge >= 0.3 is 18.3 Å². The lowest BCUT2D eigenvalue weighted by Crippen LogP contribution is -2.50. The van der Waals surface area contributed by atoms with E-state index in [0.29, 0.717) is 38.2 Å². The van der Waals surface area contributed by atoms with Crippen molar-refractivity contribution in [3.63, 3.8) is 0 Å². The van der Waals surface area contributed by atoms with Crippen molar-refractivity contribution in [2.45, 2.75) is 72.0 Å². The fraction of sp³-hybridized carbons (Fsp3) is 0.436. The molecule has 0 aliphatic carbocycles. The number of ketones is 1. The Balaban J connectivity index is 0.000000223. The molecule has 0 atom stereocenters. The second-order valence-corrected chi connectivity index (χ2v) is 13.0. The summed E-state index contributed by atoms with van der Waals surface area (Å²) in [5.41, 5.74) is 6.80. The number of Topliss-reactive ketones (excluding diaryl/α,β-unsaturated/α-hetero) is 1. The lowest BCUT2D eigenvalue weighted by molar-refractivity contribution is -0.120. The summed E-state index contributed by atoms with van der Waals surface area (Å²) in [7, 11) is 0. The molecule has 52 heavy (non-hydrogen) atoms. The molecule has 13 heteroatoms. The number of fused-ring (bicyclic) bond motifs is 1. The molecular weight excluding hydrogens is 675 g/mol. The van der Waals surface area contributed by atoms with Crippen molar-refractivity contribution in [2.24, 2.45) is 0 Å². The molecule has 282 valence electrons. The normalized spacial score (nSPS) is 15.9. The van der Waals surface area contributed by atoms with E-state index in [2.05, 4.69) is 33.9 Å². The molecule has 1 aromatic heterocycles. The van der Waals surface area contributed by atoms with E-state index in [-0.39, 0.29) is 31.4 Å². The van der Waals surface area contributed by atoms with E-state index in [1.807, 2.05) is 67.5 Å². The van der Waals surface area contributed by atoms with Gasteiger partial charge in [0.2, 0.25) is 0 Å². The van der Waals surface area contributed by atoms with Crippen molar-refractivity contribution in [1.82, 2.24) is 14.8 Å². The minimum absolute atomic E-state index is 0.0810. The number of anilines is 2. The number of piperidine rings is 2. The number of aryl methyl sites for hydroxylation is 2. The Labute approximate surface area is 304 Å². The average molecular weight is 726 g/mol. The van der Waals surface area contributed by atoms with Crippen molar-refractivity contribution in [3.8, 4) is 5.75 Å². The summed E-state index contributed by atoms with van der Waals surface area (Å²) in [5, 5.41) is 12.0. The van der Waals surface area contributed by atoms with Gasteiger partial charge in [0, 0.05) is 69.5 Å². The zero-order valence-corrected chi connectivity index (χ0v) is 30.4. The molecule has 0 unspecified atom stereocenters. The molecule has 3 amide bonds. The van der Waals surface area contributed by atoms with Crippen LogP contribution in [0.4, 0.5) is 34.1 Å². The number of nitrogens with one attached hydrogen (secondary N) is 1. The van der Waals surface area contributed by atoms with Gasteiger partial charge in [0.15, 0.2) is 12.4 Å². The molecule has 3 aromatic rings. The van der Waals surface area contributed by atoms with Crippen LogP contribution >= 0.6 is 0 Å². The molecule has 3 aliphatic heterocycles. The standard InChI is InChI=1S/C18H23N3O4.C11H14N2.C8H10O.C2H3F3/c1-13(22)12-25-18(24)20-9-7-15(8-10-20)21-11-6-14-4-2-3-5-16(14)19-17(21)23;1-10-4-8-13(9-5-10)11-2-6-12-7-3-11;1-6-3-4-8(9)7(2)5-6;1-2(3,4)5/h2-5,15H,6-12H2,1H3,(H,19,23);2-3,6-7H,1,4-5,8-9H2;3-5,9H,1-2H3;1H3. The van der Waals surface area contributed by atoms with Crippen LogP contribution in [-0.4, -0.2) is 89.3 Å². The monoisotopic (exact) mass is 725 g/mol. The minimum atomic E-state index is -4.00. The van der Waals surface area contributed by atoms with Crippen LogP contribution in [0.5, 0.6) is 5.75 Å². The Morgan fingerprint density at radius 1 is 0.962 bits per heavy atom. The third-order valence-corrected chi connectivity index (χ3v) is 8.55. The Hall–Kier alpha value is -5.07. The molecule has 0 radical (unpaired) electrons. The van der Waals surface area contributed by atoms with Gasteiger partial charge < -0.3 is 29.9 Å². The molecule has 2 N–H and O–H groups in total. The second-order valence-electron chi connectivity index (χ2n) is 13.0. The second kappa shape index (κ2) is 20.1. The van der Waals surface area contributed by atoms with Crippen LogP contribution in [0.1, 0.15) is 56.2 Å². The fourth-order valence-electron chi connectivity index (χ4n) is 5.79. The highest BCUT2D eigenvalue weighted by atomic mass is 19.4. The number of aromatic hydroxyl groups is 1. The van der Waals surface area contributed by atoms with Crippen molar-refractivity contribution >= 4 is 29.3 Å². The van der Waals surface area contributed by atoms with Crippen LogP contribution in [0.3, 0.4) is 0 Å². The van der Waals surface area contributed by atoms with Gasteiger partial charge in [-0.25, -0.2) is 9.59 Å². The predicted octanol–water partition coefficient (Wildman–Crippen LogP) is 8.08. The summed E-state index contributed by atoms with van der Waals surface area (Å²) in [5.74, 6) is 0.199. The first kappa shape index (κ1) is 41.4. The Morgan fingerprint density at radius 3 is 2.15 bits per heavy atom. The number of nitrogens with zero attached hydrogens (tertiary/aromatic N) is 4. The van der Waals surface area contributed by atoms with Crippen LogP contribution in [0, 0.1) is 13.8 Å². The largest absolute Gasteiger partial charge is 0.508 e. The third kappa shape index (κ3) is 14.7. The van der Waals surface area contributed by atoms with Crippen LogP contribution in [-0.2, 0) is 16.0 Å². The van der Waals surface area contributed by atoms with E-state index in [1.165, 1.54) is 23.7 Å². The molecule has 3 aliphatic rings. The van der Waals surface area contributed by atoms with Crippen molar-refractivity contribution in [2.75, 3.05) is 49.5 Å². The summed E-state index contributed by atoms with van der Waals surface area (Å²) >= 11 is 0. The molecule has 2 aromatic carbocycles. The molecule has 6 rings (SSSR count). The smallest absolute Gasteiger partial charge is 0.410 e. The highest BCUT2D eigenvalue weighted by molar-refractivity contribution is 5.91. The Morgan fingerprint density at radius 2 is 1.58 bits per heavy atom. The molecule has 2 fully saturated rings. The first-order valence-electron chi connectivity index (χ1n) is 17.3. The van der Waals surface area contributed by atoms with E-state index >= 15 is 0 Å². The number of rotatable bonds is 4. The van der Waals surface area contributed by atoms with E-state index in [4.69, 9.17) is 9.84 Å². The van der Waals surface area contributed by atoms with Gasteiger partial charge in [0.05, 0.1) is 0 Å². The van der Waals surface area contributed by atoms with E-state index < -0.39 is 12.3 Å². The molecular formula is C39H50F3N5O5. The molecule has 2 saturated heterocycles. The van der Waals surface area contributed by atoms with Gasteiger partial charge in [-0.3, -0.25) is 9.78 Å². The minimum Gasteiger partial charge on any atom is -0.508 e. The number of hydrogen-bond acceptors (Lipinski definition) is 7. The number of pyridine rings is 1. The maximum atomic E-state index is 12.5. The number of aromatic nitrogens is 1. The number of alkyl halides is 3. The molecule has 4 heterocycles. The molecule has 0 spiro atoms. The number of likely N-dealkylation sites (tertiary alicyclic amines) is 1. The number of urea groups is 1. The number of halogens is 3. The van der Waals surface area contributed by atoms with Crippen molar-refractivity contribution < 1.29 is 37.4 Å². The number of para-hydroxylation sites is 1. The number of amides is 3. The van der Waals surface area contributed by atoms with Crippen LogP contribution < -0.4 is 10.2 Å². The molecule has 0 saturated carbocycles. The predicted molar refractivity (Wildman–Crippen MR) is 197 cm³/mol. The van der Waals surface area contributed by atoms with Gasteiger partial charge in [0.25, 0.3) is 0 Å². The summed E-state index contributed by atoms with van der Waals surface area (Å²) in [4.78, 5) is 45.2. The zero-order chi connectivity index (χ0) is 38.3. The Kier molecular flexibility index (Phi) is 16.0. The number of carbonyl (C=O) groups is 3. The van der Waals surface area contributed by atoms with Crippen molar-refractivity contribution in [1.29, 1.82) is 0 Å². The zero-order valence-electron chi connectivity index (χ0n) is 30.4. The van der Waals surface area contributed by atoms with Gasteiger partial charge in [-0.1, -0.05) is 48.0 Å². The summed E-state index contributed by atoms with van der Waals surface area (Å²) in [6.07, 6.45) is 3.72. The lowest BCUT2D eigenvalue weighted by atomic mass is 10.0. The van der Waals surface area contributed by atoms with E-state index in [9.17, 15) is 27.6 Å². The first-order valence-corrected chi connectivity index (χ1v) is 17.3. The number of phenols is 1. The number of ether oxygens (including phenoxy) is 1. The summed E-state index contributed by atoms with van der Waals surface area (Å²) in [6, 6.07) is 17.6. The van der Waals surface area contributed by atoms with Crippen LogP contribution in [0.15, 0.2) is 79.1 Å². The highest BCUT2D eigenvalue weighted by Crippen LogP contribution is 2.25. The average Bonchev–Trinajstić information content (AvgIpc) is 3.27. The van der Waals surface area contributed by atoms with E-state index in [0.717, 1.165) is 49.2 Å². The first-order chi connectivity index (χ1) is 24.6. The maximum absolute atomic E-state index is 12.5. The van der Waals surface area contributed by atoms with Gasteiger partial charge in [-0.2, -0.15) is 13.2 Å². The maximum Gasteiger partial charge on any atom is 0.410 e. The van der Waals surface area contributed by atoms with E-state index in [1.54, 1.807) is 11.0 Å². The molecule has 10 nitrogen and oxygen atoms in total. The number of carbonyl (C=O) groups excluding carboxylic acids is 3. The summed E-state index contributed by atoms with van der Waals surface area (Å²) < 4.78 is 36.0. The van der Waals surface area contributed by atoms with Gasteiger partial charge in [-0.05, 0) is 88.3 Å². The lowest BCUT2D eigenvalue weighted by Gasteiger charge is -2.37. The number of benzene rings is 2.